The number of aromatic nitrogens is 1. The van der Waals surface area contributed by atoms with E-state index >= 15 is 0 Å². The molecule has 0 unspecified atom stereocenters. The summed E-state index contributed by atoms with van der Waals surface area (Å²) in [5, 5.41) is 0. The SMILES string of the molecule is Cc1cncc(-c2ccc(-c3c4c([c]([Al])c5c3CCC=C5)C=CCC4)cc2)c1. The van der Waals surface area contributed by atoms with Gasteiger partial charge in [0.15, 0.2) is 16.3 Å². The number of hydrogen-bond acceptors (Lipinski definition) is 1. The van der Waals surface area contributed by atoms with Gasteiger partial charge in [-0.05, 0) is 83.2 Å². The Balaban J connectivity index is 1.67. The average Bonchev–Trinajstić information content (AvgIpc) is 2.75. The molecule has 0 bridgehead atoms. The van der Waals surface area contributed by atoms with E-state index in [1.165, 1.54) is 54.5 Å². The van der Waals surface area contributed by atoms with Crippen LogP contribution in [0.4, 0.5) is 0 Å². The zero-order chi connectivity index (χ0) is 19.1. The third kappa shape index (κ3) is 2.98. The Morgan fingerprint density at radius 3 is 2.00 bits per heavy atom. The lowest BCUT2D eigenvalue weighted by Crippen LogP contribution is -2.21. The minimum absolute atomic E-state index is 1.13. The minimum Gasteiger partial charge on any atom is -0.264 e. The Labute approximate surface area is 175 Å². The summed E-state index contributed by atoms with van der Waals surface area (Å²) in [5.74, 6) is 0. The van der Waals surface area contributed by atoms with Crippen molar-refractivity contribution in [3.63, 3.8) is 0 Å². The molecule has 134 valence electrons. The largest absolute Gasteiger partial charge is 0.264 e. The van der Waals surface area contributed by atoms with E-state index in [0.717, 1.165) is 25.7 Å². The van der Waals surface area contributed by atoms with Crippen LogP contribution >= 0.6 is 0 Å². The summed E-state index contributed by atoms with van der Waals surface area (Å²) >= 11 is 3.01. The van der Waals surface area contributed by atoms with Gasteiger partial charge in [0.1, 0.15) is 0 Å². The van der Waals surface area contributed by atoms with Gasteiger partial charge in [-0.3, -0.25) is 4.98 Å². The molecule has 0 spiro atoms. The number of aryl methyl sites for hydroxylation is 1. The molecule has 0 N–H and O–H groups in total. The number of pyridine rings is 1. The van der Waals surface area contributed by atoms with Crippen molar-refractivity contribution in [2.24, 2.45) is 0 Å². The number of allylic oxidation sites excluding steroid dienone is 2. The second-order valence-corrected chi connectivity index (χ2v) is 8.36. The standard InChI is InChI=1S/C26H22N.Al/c1-18-14-23(17-27-16-18)19-10-12-20(13-11-19)26-24-8-4-2-6-21(24)15-22-7-3-5-9-25(22)26;/h2-3,6-7,10-14,16-17H,4-5,8-9H2,1H3;. The second kappa shape index (κ2) is 7.21. The van der Waals surface area contributed by atoms with Gasteiger partial charge in [-0.2, -0.15) is 0 Å². The monoisotopic (exact) mass is 375 g/mol. The summed E-state index contributed by atoms with van der Waals surface area (Å²) in [6, 6.07) is 11.3. The Morgan fingerprint density at radius 2 is 1.39 bits per heavy atom. The summed E-state index contributed by atoms with van der Waals surface area (Å²) in [6.07, 6.45) is 17.6. The summed E-state index contributed by atoms with van der Waals surface area (Å²) < 4.78 is 1.36. The van der Waals surface area contributed by atoms with E-state index in [9.17, 15) is 0 Å². The van der Waals surface area contributed by atoms with Crippen LogP contribution in [-0.2, 0) is 12.8 Å². The van der Waals surface area contributed by atoms with Crippen molar-refractivity contribution in [2.45, 2.75) is 32.6 Å². The van der Waals surface area contributed by atoms with Crippen molar-refractivity contribution in [1.29, 1.82) is 0 Å². The van der Waals surface area contributed by atoms with E-state index in [0.29, 0.717) is 0 Å². The Morgan fingerprint density at radius 1 is 0.786 bits per heavy atom. The highest BCUT2D eigenvalue weighted by Crippen LogP contribution is 2.38. The molecule has 1 nitrogen and oxygen atoms in total. The fourth-order valence-corrected chi connectivity index (χ4v) is 5.11. The van der Waals surface area contributed by atoms with Crippen LogP contribution in [0.5, 0.6) is 0 Å². The maximum atomic E-state index is 4.35. The van der Waals surface area contributed by atoms with E-state index in [4.69, 9.17) is 0 Å². The van der Waals surface area contributed by atoms with Crippen LogP contribution in [0.2, 0.25) is 0 Å². The average molecular weight is 375 g/mol. The highest BCUT2D eigenvalue weighted by molar-refractivity contribution is 6.37. The Hall–Kier alpha value is -2.40. The molecule has 2 aromatic carbocycles. The predicted octanol–water partition coefficient (Wildman–Crippen LogP) is 5.44. The molecule has 1 heterocycles. The molecule has 0 saturated carbocycles. The molecule has 2 aliphatic carbocycles. The van der Waals surface area contributed by atoms with E-state index in [1.54, 1.807) is 0 Å². The molecule has 28 heavy (non-hydrogen) atoms. The lowest BCUT2D eigenvalue weighted by atomic mass is 9.80. The molecule has 0 amide bonds. The van der Waals surface area contributed by atoms with E-state index in [1.807, 2.05) is 12.4 Å². The molecule has 0 atom stereocenters. The zero-order valence-electron chi connectivity index (χ0n) is 16.2. The molecular formula is C26H22AlN. The van der Waals surface area contributed by atoms with E-state index in [2.05, 4.69) is 82.8 Å². The number of rotatable bonds is 2. The van der Waals surface area contributed by atoms with E-state index < -0.39 is 0 Å². The number of fused-ring (bicyclic) bond motifs is 2. The third-order valence-corrected chi connectivity index (χ3v) is 6.53. The number of nitrogens with zero attached hydrogens (tertiary/aromatic N) is 1. The molecule has 2 aliphatic rings. The van der Waals surface area contributed by atoms with Crippen LogP contribution < -0.4 is 4.43 Å². The fourth-order valence-electron chi connectivity index (χ4n) is 4.57. The summed E-state index contributed by atoms with van der Waals surface area (Å²) in [7, 11) is 0. The first-order chi connectivity index (χ1) is 13.7. The molecule has 0 aliphatic heterocycles. The van der Waals surface area contributed by atoms with Gasteiger partial charge in [-0.25, -0.2) is 0 Å². The van der Waals surface area contributed by atoms with Crippen LogP contribution in [0.15, 0.2) is 54.9 Å². The fraction of sp³-hybridized carbons (Fsp3) is 0.192. The zero-order valence-corrected chi connectivity index (χ0v) is 17.4. The second-order valence-electron chi connectivity index (χ2n) is 7.78. The molecule has 2 heteroatoms. The quantitative estimate of drug-likeness (QED) is 0.544. The minimum atomic E-state index is 1.13. The van der Waals surface area contributed by atoms with Gasteiger partial charge in [0.25, 0.3) is 0 Å². The smallest absolute Gasteiger partial charge is 0.177 e. The van der Waals surface area contributed by atoms with Gasteiger partial charge in [0.2, 0.25) is 0 Å². The molecule has 2 radical (unpaired) electrons. The van der Waals surface area contributed by atoms with Gasteiger partial charge >= 0.3 is 0 Å². The molecule has 0 saturated heterocycles. The molecule has 0 fully saturated rings. The first kappa shape index (κ1) is 17.7. The van der Waals surface area contributed by atoms with Gasteiger partial charge in [-0.1, -0.05) is 48.6 Å². The summed E-state index contributed by atoms with van der Waals surface area (Å²) in [5.41, 5.74) is 12.3. The topological polar surface area (TPSA) is 12.9 Å². The summed E-state index contributed by atoms with van der Waals surface area (Å²) in [6.45, 7) is 2.09. The van der Waals surface area contributed by atoms with Crippen molar-refractivity contribution in [3.8, 4) is 22.3 Å². The van der Waals surface area contributed by atoms with Crippen LogP contribution in [0.25, 0.3) is 34.4 Å². The van der Waals surface area contributed by atoms with E-state index in [-0.39, 0.29) is 0 Å². The number of benzene rings is 2. The Kier molecular flexibility index (Phi) is 4.55. The van der Waals surface area contributed by atoms with Gasteiger partial charge in [0, 0.05) is 18.0 Å². The molecule has 3 aromatic rings. The highest BCUT2D eigenvalue weighted by Gasteiger charge is 2.22. The van der Waals surface area contributed by atoms with Crippen LogP contribution in [-0.4, -0.2) is 21.3 Å². The maximum Gasteiger partial charge on any atom is 0.177 e. The highest BCUT2D eigenvalue weighted by atomic mass is 27.0. The van der Waals surface area contributed by atoms with Crippen molar-refractivity contribution in [3.05, 3.63) is 82.7 Å². The lowest BCUT2D eigenvalue weighted by molar-refractivity contribution is 0.954. The van der Waals surface area contributed by atoms with Crippen molar-refractivity contribution in [1.82, 2.24) is 4.98 Å². The molecule has 5 rings (SSSR count). The van der Waals surface area contributed by atoms with Crippen LogP contribution in [0.3, 0.4) is 0 Å². The van der Waals surface area contributed by atoms with Crippen LogP contribution in [0, 0.1) is 6.92 Å². The first-order valence-corrected chi connectivity index (χ1v) is 10.6. The van der Waals surface area contributed by atoms with Gasteiger partial charge in [0.05, 0.1) is 0 Å². The van der Waals surface area contributed by atoms with Gasteiger partial charge in [-0.15, -0.1) is 4.43 Å². The third-order valence-electron chi connectivity index (χ3n) is 5.91. The molecular weight excluding hydrogens is 353 g/mol. The predicted molar refractivity (Wildman–Crippen MR) is 120 cm³/mol. The maximum absolute atomic E-state index is 4.35. The van der Waals surface area contributed by atoms with Crippen LogP contribution in [0.1, 0.15) is 40.7 Å². The molecule has 1 aromatic heterocycles. The van der Waals surface area contributed by atoms with Crippen molar-refractivity contribution >= 4 is 32.9 Å². The normalized spacial score (nSPS) is 14.6. The number of hydrogen-bond donors (Lipinski definition) is 0. The van der Waals surface area contributed by atoms with Crippen molar-refractivity contribution in [2.75, 3.05) is 0 Å². The lowest BCUT2D eigenvalue weighted by Gasteiger charge is -2.27. The summed E-state index contributed by atoms with van der Waals surface area (Å²) in [4.78, 5) is 4.35. The van der Waals surface area contributed by atoms with Crippen molar-refractivity contribution < 1.29 is 0 Å². The first-order valence-electron chi connectivity index (χ1n) is 10.0. The Bertz CT molecular complexity index is 1080. The van der Waals surface area contributed by atoms with Gasteiger partial charge < -0.3 is 0 Å².